The van der Waals surface area contributed by atoms with Gasteiger partial charge in [0.15, 0.2) is 5.58 Å². The van der Waals surface area contributed by atoms with Crippen LogP contribution in [0.2, 0.25) is 5.02 Å². The number of carbonyl (C=O) groups is 2. The van der Waals surface area contributed by atoms with Crippen molar-refractivity contribution < 1.29 is 18.7 Å². The highest BCUT2D eigenvalue weighted by Crippen LogP contribution is 2.35. The number of nitrogen functional groups attached to an aromatic ring is 1. The molecule has 0 saturated carbocycles. The molecule has 0 aliphatic carbocycles. The Hall–Kier alpha value is -4.90. The second-order valence-corrected chi connectivity index (χ2v) is 8.69. The van der Waals surface area contributed by atoms with Crippen LogP contribution in [0.5, 0.6) is 0 Å². The maximum atomic E-state index is 13.5. The van der Waals surface area contributed by atoms with Crippen molar-refractivity contribution in [1.29, 1.82) is 0 Å². The number of benzene rings is 2. The minimum Gasteiger partial charge on any atom is -0.465 e. The van der Waals surface area contributed by atoms with Crippen LogP contribution in [0.25, 0.3) is 11.1 Å². The molecule has 38 heavy (non-hydrogen) atoms. The van der Waals surface area contributed by atoms with E-state index in [1.54, 1.807) is 43.3 Å². The third-order valence-corrected chi connectivity index (χ3v) is 6.13. The fourth-order valence-corrected chi connectivity index (χ4v) is 4.25. The van der Waals surface area contributed by atoms with E-state index in [0.29, 0.717) is 44.6 Å². The van der Waals surface area contributed by atoms with E-state index in [1.165, 1.54) is 25.4 Å². The quantitative estimate of drug-likeness (QED) is 0.218. The minimum absolute atomic E-state index is 0.173. The highest BCUT2D eigenvalue weighted by Gasteiger charge is 2.31. The maximum Gasteiger partial charge on any atom is 0.338 e. The number of carbonyl (C=O) groups excluding carboxylic acids is 2. The summed E-state index contributed by atoms with van der Waals surface area (Å²) < 4.78 is 10.5. The fraction of sp³-hybridized carbons (Fsp3) is 0.115. The molecule has 12 heteroatoms. The van der Waals surface area contributed by atoms with E-state index < -0.39 is 17.9 Å². The van der Waals surface area contributed by atoms with Crippen molar-refractivity contribution in [3.63, 3.8) is 0 Å². The van der Waals surface area contributed by atoms with Gasteiger partial charge in [0, 0.05) is 22.5 Å². The predicted molar refractivity (Wildman–Crippen MR) is 144 cm³/mol. The van der Waals surface area contributed by atoms with Crippen LogP contribution in [0.1, 0.15) is 28.9 Å². The molecule has 192 valence electrons. The molecule has 3 heterocycles. The summed E-state index contributed by atoms with van der Waals surface area (Å²) in [5, 5.41) is 9.27. The predicted octanol–water partition coefficient (Wildman–Crippen LogP) is 4.27. The number of para-hydroxylation sites is 1. The van der Waals surface area contributed by atoms with E-state index in [1.807, 2.05) is 6.07 Å². The summed E-state index contributed by atoms with van der Waals surface area (Å²) in [7, 11) is 1.27. The maximum absolute atomic E-state index is 13.5. The first-order valence-electron chi connectivity index (χ1n) is 11.4. The van der Waals surface area contributed by atoms with Gasteiger partial charge in [0.1, 0.15) is 17.4 Å². The molecule has 2 aromatic carbocycles. The van der Waals surface area contributed by atoms with E-state index >= 15 is 0 Å². The molecule has 1 amide bonds. The summed E-state index contributed by atoms with van der Waals surface area (Å²) in [6, 6.07) is 14.7. The largest absolute Gasteiger partial charge is 0.465 e. The van der Waals surface area contributed by atoms with Gasteiger partial charge >= 0.3 is 12.0 Å². The highest BCUT2D eigenvalue weighted by atomic mass is 35.5. The number of pyridine rings is 1. The van der Waals surface area contributed by atoms with Crippen LogP contribution >= 0.6 is 11.6 Å². The number of fused-ring (bicyclic) bond motifs is 1. The third kappa shape index (κ3) is 4.87. The molecule has 0 saturated heterocycles. The Morgan fingerprint density at radius 1 is 1.16 bits per heavy atom. The molecule has 1 aliphatic rings. The molecule has 1 unspecified atom stereocenters. The number of allylic oxidation sites excluding steroid dienone is 1. The molecule has 1 atom stereocenters. The number of nitrogens with two attached hydrogens (primary N) is 1. The summed E-state index contributed by atoms with van der Waals surface area (Å²) in [5.74, 6) is -0.562. The molecule has 0 bridgehead atoms. The van der Waals surface area contributed by atoms with Crippen molar-refractivity contribution in [2.75, 3.05) is 23.5 Å². The summed E-state index contributed by atoms with van der Waals surface area (Å²) in [4.78, 5) is 38.7. The van der Waals surface area contributed by atoms with Gasteiger partial charge in [-0.2, -0.15) is 4.98 Å². The Labute approximate surface area is 221 Å². The fourth-order valence-electron chi connectivity index (χ4n) is 4.01. The molecule has 0 spiro atoms. The number of ether oxygens (including phenoxy) is 1. The molecule has 11 nitrogen and oxygen atoms in total. The zero-order valence-corrected chi connectivity index (χ0v) is 21.0. The Morgan fingerprint density at radius 2 is 1.97 bits per heavy atom. The van der Waals surface area contributed by atoms with Crippen LogP contribution in [0.3, 0.4) is 0 Å². The zero-order valence-electron chi connectivity index (χ0n) is 20.3. The van der Waals surface area contributed by atoms with Gasteiger partial charge < -0.3 is 25.5 Å². The number of aromatic nitrogens is 2. The SMILES string of the molecule is COC(=O)c1ccnc(NC(=O)C2=C(C)NC(Nc3nc4c(N)cccc4o3)=NC2c2ccccc2Cl)c1. The molecule has 0 radical (unpaired) electrons. The summed E-state index contributed by atoms with van der Waals surface area (Å²) in [6.07, 6.45) is 1.40. The average molecular weight is 532 g/mol. The van der Waals surface area contributed by atoms with Crippen LogP contribution in [0.4, 0.5) is 17.5 Å². The van der Waals surface area contributed by atoms with Crippen LogP contribution in [-0.4, -0.2) is 34.9 Å². The zero-order chi connectivity index (χ0) is 26.8. The molecule has 4 aromatic rings. The molecule has 5 N–H and O–H groups in total. The summed E-state index contributed by atoms with van der Waals surface area (Å²) in [5.41, 5.74) is 9.17. The van der Waals surface area contributed by atoms with Crippen molar-refractivity contribution in [3.8, 4) is 0 Å². The summed E-state index contributed by atoms with van der Waals surface area (Å²) in [6.45, 7) is 1.73. The van der Waals surface area contributed by atoms with E-state index in [0.717, 1.165) is 0 Å². The number of nitrogens with zero attached hydrogens (tertiary/aromatic N) is 3. The summed E-state index contributed by atoms with van der Waals surface area (Å²) >= 11 is 6.51. The monoisotopic (exact) mass is 531 g/mol. The van der Waals surface area contributed by atoms with Crippen LogP contribution < -0.4 is 21.7 Å². The smallest absolute Gasteiger partial charge is 0.338 e. The van der Waals surface area contributed by atoms with Crippen molar-refractivity contribution in [2.45, 2.75) is 13.0 Å². The van der Waals surface area contributed by atoms with Gasteiger partial charge in [0.25, 0.3) is 5.91 Å². The number of rotatable bonds is 5. The lowest BCUT2D eigenvalue weighted by atomic mass is 9.95. The van der Waals surface area contributed by atoms with E-state index in [4.69, 9.17) is 31.5 Å². The van der Waals surface area contributed by atoms with Crippen LogP contribution in [0.15, 0.2) is 81.5 Å². The number of guanidine groups is 1. The Morgan fingerprint density at radius 3 is 2.74 bits per heavy atom. The number of esters is 1. The number of nitrogens with one attached hydrogen (secondary N) is 3. The average Bonchev–Trinajstić information content (AvgIpc) is 3.32. The first kappa shape index (κ1) is 24.8. The van der Waals surface area contributed by atoms with Gasteiger partial charge in [-0.1, -0.05) is 35.9 Å². The number of hydrogen-bond donors (Lipinski definition) is 4. The second kappa shape index (κ2) is 10.2. The highest BCUT2D eigenvalue weighted by molar-refractivity contribution is 6.31. The second-order valence-electron chi connectivity index (χ2n) is 8.28. The van der Waals surface area contributed by atoms with E-state index in [-0.39, 0.29) is 17.4 Å². The number of anilines is 3. The first-order chi connectivity index (χ1) is 18.3. The topological polar surface area (TPSA) is 157 Å². The minimum atomic E-state index is -0.786. The normalized spacial score (nSPS) is 15.0. The van der Waals surface area contributed by atoms with Crippen molar-refractivity contribution in [3.05, 3.63) is 88.2 Å². The molecule has 1 aliphatic heterocycles. The molecular weight excluding hydrogens is 510 g/mol. The van der Waals surface area contributed by atoms with Crippen molar-refractivity contribution in [2.24, 2.45) is 4.99 Å². The lowest BCUT2D eigenvalue weighted by molar-refractivity contribution is -0.113. The number of aliphatic imine (C=N–C) groups is 1. The Balaban J connectivity index is 1.48. The Kier molecular flexibility index (Phi) is 6.67. The number of oxazole rings is 1. The van der Waals surface area contributed by atoms with Gasteiger partial charge in [0.05, 0.1) is 23.9 Å². The van der Waals surface area contributed by atoms with Gasteiger partial charge in [-0.15, -0.1) is 0 Å². The molecule has 0 fully saturated rings. The number of halogens is 1. The number of methoxy groups -OCH3 is 1. The van der Waals surface area contributed by atoms with Crippen molar-refractivity contribution >= 4 is 58.1 Å². The lowest BCUT2D eigenvalue weighted by Crippen LogP contribution is -2.37. The lowest BCUT2D eigenvalue weighted by Gasteiger charge is -2.26. The van der Waals surface area contributed by atoms with E-state index in [9.17, 15) is 9.59 Å². The Bertz CT molecular complexity index is 1630. The van der Waals surface area contributed by atoms with Gasteiger partial charge in [-0.3, -0.25) is 10.1 Å². The molecular formula is C26H22ClN7O4. The van der Waals surface area contributed by atoms with Gasteiger partial charge in [-0.05, 0) is 37.3 Å². The number of amides is 1. The third-order valence-electron chi connectivity index (χ3n) is 5.78. The van der Waals surface area contributed by atoms with Crippen LogP contribution in [0, 0.1) is 0 Å². The number of hydrogen-bond acceptors (Lipinski definition) is 10. The first-order valence-corrected chi connectivity index (χ1v) is 11.8. The van der Waals surface area contributed by atoms with Crippen molar-refractivity contribution in [1.82, 2.24) is 15.3 Å². The molecule has 5 rings (SSSR count). The van der Waals surface area contributed by atoms with Gasteiger partial charge in [0.2, 0.25) is 5.96 Å². The standard InChI is InChI=1S/C26H22ClN7O4/c1-13-20(23(35)31-19-12-14(10-11-29-19)24(36)37-2)21(15-6-3-4-7-16(15)27)32-25(30-13)34-26-33-22-17(28)8-5-9-18(22)38-26/h3-12,21H,28H2,1-2H3,(H,29,31,35)(H2,30,32,33,34). The van der Waals surface area contributed by atoms with E-state index in [2.05, 4.69) is 25.9 Å². The molecule has 2 aromatic heterocycles. The van der Waals surface area contributed by atoms with Gasteiger partial charge in [-0.25, -0.2) is 14.8 Å². The van der Waals surface area contributed by atoms with Crippen LogP contribution in [-0.2, 0) is 9.53 Å².